The first kappa shape index (κ1) is 23.9. The fourth-order valence-corrected chi connectivity index (χ4v) is 2.22. The summed E-state index contributed by atoms with van der Waals surface area (Å²) >= 11 is 0. The van der Waals surface area contributed by atoms with Crippen LogP contribution in [0.15, 0.2) is 24.3 Å². The zero-order chi connectivity index (χ0) is 19.8. The lowest BCUT2D eigenvalue weighted by atomic mass is 10.1. The number of anilines is 1. The summed E-state index contributed by atoms with van der Waals surface area (Å²) < 4.78 is 5.25. The number of aliphatic hydroxyl groups is 1. The molecule has 1 unspecified atom stereocenters. The van der Waals surface area contributed by atoms with Crippen molar-refractivity contribution in [2.45, 2.75) is 52.0 Å². The highest BCUT2D eigenvalue weighted by atomic mass is 16.5. The number of hydrogen-bond acceptors (Lipinski definition) is 6. The summed E-state index contributed by atoms with van der Waals surface area (Å²) in [5.41, 5.74) is 6.79. The molecule has 0 amide bonds. The van der Waals surface area contributed by atoms with Gasteiger partial charge in [-0.1, -0.05) is 26.2 Å². The molecule has 0 spiro atoms. The van der Waals surface area contributed by atoms with Crippen LogP contribution in [0.5, 0.6) is 0 Å². The van der Waals surface area contributed by atoms with E-state index in [1.807, 2.05) is 0 Å². The van der Waals surface area contributed by atoms with Crippen LogP contribution in [-0.4, -0.2) is 42.8 Å². The first-order chi connectivity index (χ1) is 12.4. The maximum atomic E-state index is 11.8. The third-order valence-corrected chi connectivity index (χ3v) is 3.71. The highest BCUT2D eigenvalue weighted by Gasteiger charge is 2.08. The molecule has 0 aromatic heterocycles. The Morgan fingerprint density at radius 3 is 2.38 bits per heavy atom. The lowest BCUT2D eigenvalue weighted by Crippen LogP contribution is -2.90. The van der Waals surface area contributed by atoms with Crippen LogP contribution in [0.4, 0.5) is 5.69 Å². The van der Waals surface area contributed by atoms with E-state index < -0.39 is 12.6 Å². The Morgan fingerprint density at radius 2 is 1.85 bits per heavy atom. The lowest BCUT2D eigenvalue weighted by molar-refractivity contribution is -0.687. The number of aliphatic hydroxyl groups excluding tert-OH is 1. The molecule has 0 aliphatic heterocycles. The Bertz CT molecular complexity index is 505. The smallest absolute Gasteiger partial charge is 0.338 e. The van der Waals surface area contributed by atoms with Gasteiger partial charge < -0.3 is 30.8 Å². The Morgan fingerprint density at radius 1 is 1.23 bits per heavy atom. The minimum Gasteiger partial charge on any atom is -0.548 e. The molecule has 0 aliphatic rings. The molecule has 0 radical (unpaired) electrons. The van der Waals surface area contributed by atoms with Crippen molar-refractivity contribution in [1.82, 2.24) is 0 Å². The minimum atomic E-state index is -1.44. The van der Waals surface area contributed by atoms with Gasteiger partial charge in [0.05, 0.1) is 24.2 Å². The molecule has 26 heavy (non-hydrogen) atoms. The van der Waals surface area contributed by atoms with Crippen LogP contribution >= 0.6 is 0 Å². The highest BCUT2D eigenvalue weighted by molar-refractivity contribution is 5.89. The van der Waals surface area contributed by atoms with E-state index >= 15 is 0 Å². The van der Waals surface area contributed by atoms with Crippen molar-refractivity contribution in [3.8, 4) is 0 Å². The Kier molecular flexibility index (Phi) is 13.9. The number of carbonyl (C=O) groups excluding carboxylic acids is 2. The standard InChI is InChI=1S/C17H28N2O2.C2H4O3/c1-3-4-5-6-7-14(2)19-12-13-21-17(20)15-8-10-16(18)11-9-15;3-1-2(4)5/h8-11,14,19H,3-7,12-13,18H2,1-2H3;3H,1H2,(H,4,5). The van der Waals surface area contributed by atoms with Crippen LogP contribution in [0, 0.1) is 0 Å². The quantitative estimate of drug-likeness (QED) is 0.288. The van der Waals surface area contributed by atoms with Crippen LogP contribution in [0.2, 0.25) is 0 Å². The first-order valence-corrected chi connectivity index (χ1v) is 9.07. The molecular formula is C19H32N2O5. The summed E-state index contributed by atoms with van der Waals surface area (Å²) in [4.78, 5) is 20.8. The van der Waals surface area contributed by atoms with Crippen molar-refractivity contribution in [1.29, 1.82) is 0 Å². The molecule has 1 atom stereocenters. The second kappa shape index (κ2) is 15.2. The molecule has 7 nitrogen and oxygen atoms in total. The van der Waals surface area contributed by atoms with E-state index in [9.17, 15) is 4.79 Å². The molecule has 7 heteroatoms. The molecule has 1 aromatic rings. The average Bonchev–Trinajstić information content (AvgIpc) is 2.63. The SMILES string of the molecule is CCCCCCC(C)[NH2+]CCOC(=O)c1ccc(N)cc1.O=C([O-])CO. The zero-order valence-electron chi connectivity index (χ0n) is 15.8. The summed E-state index contributed by atoms with van der Waals surface area (Å²) in [6.07, 6.45) is 6.44. The molecule has 5 N–H and O–H groups in total. The van der Waals surface area contributed by atoms with Crippen LogP contribution in [0.25, 0.3) is 0 Å². The predicted molar refractivity (Wildman–Crippen MR) is 98.2 cm³/mol. The predicted octanol–water partition coefficient (Wildman–Crippen LogP) is 0.0765. The highest BCUT2D eigenvalue weighted by Crippen LogP contribution is 2.06. The zero-order valence-corrected chi connectivity index (χ0v) is 15.8. The molecule has 0 aliphatic carbocycles. The van der Waals surface area contributed by atoms with Gasteiger partial charge in [-0.15, -0.1) is 0 Å². The number of carboxylic acids is 1. The van der Waals surface area contributed by atoms with Crippen LogP contribution in [0.3, 0.4) is 0 Å². The van der Waals surface area contributed by atoms with Crippen molar-refractivity contribution in [3.63, 3.8) is 0 Å². The number of benzene rings is 1. The number of esters is 1. The van der Waals surface area contributed by atoms with E-state index in [2.05, 4.69) is 19.2 Å². The number of ether oxygens (including phenoxy) is 1. The third-order valence-electron chi connectivity index (χ3n) is 3.71. The van der Waals surface area contributed by atoms with Gasteiger partial charge in [-0.2, -0.15) is 0 Å². The number of aliphatic carboxylic acids is 1. The lowest BCUT2D eigenvalue weighted by Gasteiger charge is -2.11. The summed E-state index contributed by atoms with van der Waals surface area (Å²) in [5.74, 6) is -1.72. The number of hydrogen-bond donors (Lipinski definition) is 3. The van der Waals surface area contributed by atoms with E-state index in [1.165, 1.54) is 32.1 Å². The Hall–Kier alpha value is -2.12. The Balaban J connectivity index is 0.00000110. The Labute approximate surface area is 155 Å². The summed E-state index contributed by atoms with van der Waals surface area (Å²) in [6, 6.07) is 7.40. The van der Waals surface area contributed by atoms with Crippen LogP contribution in [0.1, 0.15) is 56.3 Å². The number of nitrogens with two attached hydrogens (primary N) is 2. The molecule has 0 bridgehead atoms. The largest absolute Gasteiger partial charge is 0.548 e. The van der Waals surface area contributed by atoms with E-state index in [0.717, 1.165) is 6.54 Å². The molecule has 0 saturated carbocycles. The number of carbonyl (C=O) groups is 2. The van der Waals surface area contributed by atoms with Crippen molar-refractivity contribution >= 4 is 17.6 Å². The van der Waals surface area contributed by atoms with Crippen molar-refractivity contribution < 1.29 is 29.9 Å². The van der Waals surface area contributed by atoms with E-state index in [-0.39, 0.29) is 5.97 Å². The second-order valence-corrected chi connectivity index (χ2v) is 6.14. The maximum absolute atomic E-state index is 11.8. The second-order valence-electron chi connectivity index (χ2n) is 6.14. The summed E-state index contributed by atoms with van der Waals surface area (Å²) in [7, 11) is 0. The topological polar surface area (TPSA) is 129 Å². The first-order valence-electron chi connectivity index (χ1n) is 9.07. The van der Waals surface area contributed by atoms with Crippen molar-refractivity contribution in [3.05, 3.63) is 29.8 Å². The molecule has 148 valence electrons. The van der Waals surface area contributed by atoms with Gasteiger partial charge in [0.2, 0.25) is 0 Å². The normalized spacial score (nSPS) is 11.2. The van der Waals surface area contributed by atoms with Gasteiger partial charge in [0, 0.05) is 5.69 Å². The fraction of sp³-hybridized carbons (Fsp3) is 0.579. The van der Waals surface area contributed by atoms with Gasteiger partial charge in [0.25, 0.3) is 0 Å². The van der Waals surface area contributed by atoms with Gasteiger partial charge >= 0.3 is 5.97 Å². The molecule has 1 aromatic carbocycles. The summed E-state index contributed by atoms with van der Waals surface area (Å²) in [5, 5.41) is 18.7. The maximum Gasteiger partial charge on any atom is 0.338 e. The molecule has 0 saturated heterocycles. The number of unbranched alkanes of at least 4 members (excludes halogenated alkanes) is 3. The monoisotopic (exact) mass is 368 g/mol. The summed E-state index contributed by atoms with van der Waals surface area (Å²) in [6.45, 7) is 4.83. The van der Waals surface area contributed by atoms with Gasteiger partial charge in [0.1, 0.15) is 13.2 Å². The van der Waals surface area contributed by atoms with Crippen LogP contribution < -0.4 is 16.2 Å². The average molecular weight is 368 g/mol. The number of nitrogen functional groups attached to an aromatic ring is 1. The molecule has 1 rings (SSSR count). The van der Waals surface area contributed by atoms with E-state index in [1.54, 1.807) is 24.3 Å². The van der Waals surface area contributed by atoms with Crippen molar-refractivity contribution in [2.24, 2.45) is 0 Å². The van der Waals surface area contributed by atoms with Gasteiger partial charge in [0.15, 0.2) is 0 Å². The molecular weight excluding hydrogens is 336 g/mol. The molecule has 0 heterocycles. The number of carboxylic acid groups (broad SMARTS) is 1. The van der Waals surface area contributed by atoms with E-state index in [0.29, 0.717) is 23.9 Å². The van der Waals surface area contributed by atoms with Crippen LogP contribution in [-0.2, 0) is 9.53 Å². The van der Waals surface area contributed by atoms with Gasteiger partial charge in [-0.05, 0) is 44.0 Å². The van der Waals surface area contributed by atoms with Gasteiger partial charge in [-0.3, -0.25) is 0 Å². The third kappa shape index (κ3) is 13.2. The molecule has 0 fully saturated rings. The van der Waals surface area contributed by atoms with Crippen molar-refractivity contribution in [2.75, 3.05) is 25.5 Å². The van der Waals surface area contributed by atoms with E-state index in [4.69, 9.17) is 25.5 Å². The minimum absolute atomic E-state index is 0.279. The number of rotatable bonds is 11. The van der Waals surface area contributed by atoms with Gasteiger partial charge in [-0.25, -0.2) is 4.79 Å². The fourth-order valence-electron chi connectivity index (χ4n) is 2.22. The number of quaternary nitrogens is 1.